The molecule has 0 saturated carbocycles. The number of para-hydroxylation sites is 2. The molecule has 2 N–H and O–H groups in total. The van der Waals surface area contributed by atoms with Crippen molar-refractivity contribution in [3.05, 3.63) is 24.3 Å². The molecule has 3 rings (SSSR count). The van der Waals surface area contributed by atoms with Gasteiger partial charge in [-0.3, -0.25) is 14.5 Å². The number of amides is 2. The zero-order valence-electron chi connectivity index (χ0n) is 14.4. The van der Waals surface area contributed by atoms with Gasteiger partial charge < -0.3 is 10.6 Å². The predicted molar refractivity (Wildman–Crippen MR) is 101 cm³/mol. The van der Waals surface area contributed by atoms with Gasteiger partial charge in [-0.1, -0.05) is 35.2 Å². The van der Waals surface area contributed by atoms with Gasteiger partial charge in [-0.2, -0.15) is 0 Å². The maximum Gasteiger partial charge on any atom is 0.250 e. The lowest BCUT2D eigenvalue weighted by Gasteiger charge is -2.42. The van der Waals surface area contributed by atoms with Gasteiger partial charge in [0.1, 0.15) is 5.54 Å². The smallest absolute Gasteiger partial charge is 0.250 e. The quantitative estimate of drug-likeness (QED) is 0.797. The minimum absolute atomic E-state index is 0.140. The third kappa shape index (κ3) is 3.21. The highest BCUT2D eigenvalue weighted by atomic mass is 32.2. The van der Waals surface area contributed by atoms with Gasteiger partial charge in [-0.05, 0) is 32.9 Å². The Labute approximate surface area is 154 Å². The van der Waals surface area contributed by atoms with Crippen molar-refractivity contribution in [1.29, 1.82) is 0 Å². The number of aromatic nitrogens is 2. The van der Waals surface area contributed by atoms with Gasteiger partial charge in [0.25, 0.3) is 0 Å². The average Bonchev–Trinajstić information content (AvgIpc) is 3.03. The molecule has 2 heterocycles. The predicted octanol–water partition coefficient (Wildman–Crippen LogP) is 2.82. The molecule has 0 bridgehead atoms. The van der Waals surface area contributed by atoms with Crippen LogP contribution in [0.3, 0.4) is 0 Å². The molecular weight excluding hydrogens is 358 g/mol. The molecule has 2 amide bonds. The number of rotatable bonds is 4. The molecule has 0 saturated heterocycles. The Morgan fingerprint density at radius 3 is 2.76 bits per heavy atom. The van der Waals surface area contributed by atoms with Crippen molar-refractivity contribution in [3.63, 3.8) is 0 Å². The lowest BCUT2D eigenvalue weighted by Crippen LogP contribution is -2.60. The summed E-state index contributed by atoms with van der Waals surface area (Å²) in [6, 6.07) is 7.33. The van der Waals surface area contributed by atoms with Crippen LogP contribution in [0.1, 0.15) is 20.8 Å². The first kappa shape index (κ1) is 17.7. The molecule has 9 heteroatoms. The van der Waals surface area contributed by atoms with Crippen LogP contribution in [0.5, 0.6) is 0 Å². The number of carbonyl (C=O) groups excluding carboxylic acids is 2. The average molecular weight is 377 g/mol. The normalized spacial score (nSPS) is 16.8. The molecule has 132 valence electrons. The molecule has 0 fully saturated rings. The lowest BCUT2D eigenvalue weighted by molar-refractivity contribution is -0.126. The molecule has 0 aliphatic carbocycles. The summed E-state index contributed by atoms with van der Waals surface area (Å²) >= 11 is 2.73. The van der Waals surface area contributed by atoms with Crippen molar-refractivity contribution < 1.29 is 9.59 Å². The third-order valence-electron chi connectivity index (χ3n) is 3.97. The SMILES string of the molecule is CNc1nnc(SC(C)C(=O)N2c3ccccc3NC(=O)C2(C)C)s1. The van der Waals surface area contributed by atoms with Crippen LogP contribution in [0, 0.1) is 0 Å². The van der Waals surface area contributed by atoms with Crippen LogP contribution in [0.25, 0.3) is 0 Å². The van der Waals surface area contributed by atoms with E-state index in [1.54, 1.807) is 31.9 Å². The molecule has 2 aromatic rings. The van der Waals surface area contributed by atoms with Gasteiger partial charge in [-0.25, -0.2) is 0 Å². The van der Waals surface area contributed by atoms with E-state index in [-0.39, 0.29) is 11.8 Å². The van der Waals surface area contributed by atoms with Crippen LogP contribution in [0.15, 0.2) is 28.6 Å². The highest BCUT2D eigenvalue weighted by Crippen LogP contribution is 2.39. The molecule has 1 aliphatic rings. The number of nitrogens with one attached hydrogen (secondary N) is 2. The fourth-order valence-corrected chi connectivity index (χ4v) is 4.48. The van der Waals surface area contributed by atoms with Crippen molar-refractivity contribution in [2.24, 2.45) is 0 Å². The van der Waals surface area contributed by atoms with Crippen LogP contribution in [0.4, 0.5) is 16.5 Å². The Kier molecular flexibility index (Phi) is 4.70. The van der Waals surface area contributed by atoms with Crippen LogP contribution < -0.4 is 15.5 Å². The molecule has 1 aromatic carbocycles. The maximum atomic E-state index is 13.2. The third-order valence-corrected chi connectivity index (χ3v) is 6.09. The van der Waals surface area contributed by atoms with E-state index >= 15 is 0 Å². The summed E-state index contributed by atoms with van der Waals surface area (Å²) in [4.78, 5) is 27.2. The zero-order valence-corrected chi connectivity index (χ0v) is 16.0. The number of thioether (sulfide) groups is 1. The maximum absolute atomic E-state index is 13.2. The van der Waals surface area contributed by atoms with Crippen LogP contribution in [-0.2, 0) is 9.59 Å². The largest absolute Gasteiger partial charge is 0.363 e. The second-order valence-electron chi connectivity index (χ2n) is 6.09. The Bertz CT molecular complexity index is 820. The van der Waals surface area contributed by atoms with E-state index in [1.165, 1.54) is 23.1 Å². The molecular formula is C16H19N5O2S2. The highest BCUT2D eigenvalue weighted by Gasteiger charge is 2.44. The molecule has 1 aliphatic heterocycles. The van der Waals surface area contributed by atoms with Crippen LogP contribution in [0.2, 0.25) is 0 Å². The van der Waals surface area contributed by atoms with Gasteiger partial charge in [0.2, 0.25) is 16.9 Å². The van der Waals surface area contributed by atoms with E-state index in [9.17, 15) is 9.59 Å². The molecule has 1 atom stereocenters. The van der Waals surface area contributed by atoms with Gasteiger partial charge in [0.15, 0.2) is 4.34 Å². The lowest BCUT2D eigenvalue weighted by atomic mass is 9.96. The molecule has 25 heavy (non-hydrogen) atoms. The van der Waals surface area contributed by atoms with Crippen molar-refractivity contribution in [3.8, 4) is 0 Å². The van der Waals surface area contributed by atoms with Crippen molar-refractivity contribution in [2.75, 3.05) is 22.6 Å². The van der Waals surface area contributed by atoms with Crippen LogP contribution in [-0.4, -0.2) is 39.8 Å². The molecule has 0 spiro atoms. The minimum Gasteiger partial charge on any atom is -0.363 e. The topological polar surface area (TPSA) is 87.2 Å². The Balaban J connectivity index is 1.89. The number of carbonyl (C=O) groups is 2. The van der Waals surface area contributed by atoms with Gasteiger partial charge in [0.05, 0.1) is 16.6 Å². The van der Waals surface area contributed by atoms with E-state index in [1.807, 2.05) is 25.1 Å². The van der Waals surface area contributed by atoms with Crippen molar-refractivity contribution in [1.82, 2.24) is 10.2 Å². The number of anilines is 3. The van der Waals surface area contributed by atoms with E-state index in [4.69, 9.17) is 0 Å². The first-order valence-corrected chi connectivity index (χ1v) is 9.46. The number of hydrogen-bond donors (Lipinski definition) is 2. The Hall–Kier alpha value is -2.13. The first-order valence-electron chi connectivity index (χ1n) is 7.77. The number of hydrogen-bond acceptors (Lipinski definition) is 7. The highest BCUT2D eigenvalue weighted by molar-refractivity contribution is 8.02. The fraction of sp³-hybridized carbons (Fsp3) is 0.375. The van der Waals surface area contributed by atoms with Crippen molar-refractivity contribution >= 4 is 51.4 Å². The second-order valence-corrected chi connectivity index (χ2v) is 8.65. The summed E-state index contributed by atoms with van der Waals surface area (Å²) in [7, 11) is 1.77. The first-order chi connectivity index (χ1) is 11.8. The van der Waals surface area contributed by atoms with Crippen LogP contribution >= 0.6 is 23.1 Å². The summed E-state index contributed by atoms with van der Waals surface area (Å²) in [5, 5.41) is 14.1. The van der Waals surface area contributed by atoms with E-state index in [0.717, 1.165) is 0 Å². The minimum atomic E-state index is -0.975. The fourth-order valence-electron chi connectivity index (χ4n) is 2.59. The van der Waals surface area contributed by atoms with Gasteiger partial charge in [-0.15, -0.1) is 10.2 Å². The second kappa shape index (κ2) is 6.64. The molecule has 0 radical (unpaired) electrons. The summed E-state index contributed by atoms with van der Waals surface area (Å²) in [5.41, 5.74) is 0.376. The summed E-state index contributed by atoms with van der Waals surface area (Å²) in [6.07, 6.45) is 0. The van der Waals surface area contributed by atoms with Gasteiger partial charge >= 0.3 is 0 Å². The molecule has 1 unspecified atom stereocenters. The van der Waals surface area contributed by atoms with Gasteiger partial charge in [0, 0.05) is 7.05 Å². The molecule has 1 aromatic heterocycles. The summed E-state index contributed by atoms with van der Waals surface area (Å²) in [5.74, 6) is -0.344. The number of nitrogens with zero attached hydrogens (tertiary/aromatic N) is 3. The summed E-state index contributed by atoms with van der Waals surface area (Å²) in [6.45, 7) is 5.31. The number of fused-ring (bicyclic) bond motifs is 1. The zero-order chi connectivity index (χ0) is 18.2. The monoisotopic (exact) mass is 377 g/mol. The standard InChI is InChI=1S/C16H19N5O2S2/c1-9(24-15-20-19-14(17-4)25-15)12(22)21-11-8-6-5-7-10(11)18-13(23)16(21,2)3/h5-9H,1-4H3,(H,17,19)(H,18,23). The number of benzene rings is 1. The Morgan fingerprint density at radius 2 is 2.08 bits per heavy atom. The molecule has 7 nitrogen and oxygen atoms in total. The van der Waals surface area contributed by atoms with Crippen molar-refractivity contribution in [2.45, 2.75) is 35.9 Å². The summed E-state index contributed by atoms with van der Waals surface area (Å²) < 4.78 is 0.706. The Morgan fingerprint density at radius 1 is 1.36 bits per heavy atom. The van der Waals surface area contributed by atoms with E-state index in [0.29, 0.717) is 20.8 Å². The van der Waals surface area contributed by atoms with E-state index in [2.05, 4.69) is 20.8 Å². The van der Waals surface area contributed by atoms with E-state index < -0.39 is 10.8 Å².